The van der Waals surface area contributed by atoms with Gasteiger partial charge in [-0.25, -0.2) is 4.98 Å². The fourth-order valence-electron chi connectivity index (χ4n) is 2.70. The van der Waals surface area contributed by atoms with E-state index < -0.39 is 11.7 Å². The molecule has 8 heteroatoms. The number of hydrogen-bond donors (Lipinski definition) is 2. The van der Waals surface area contributed by atoms with Gasteiger partial charge in [0, 0.05) is 24.9 Å². The number of halogens is 3. The van der Waals surface area contributed by atoms with Gasteiger partial charge in [-0.05, 0) is 31.9 Å². The number of nitrogens with zero attached hydrogens (tertiary/aromatic N) is 2. The van der Waals surface area contributed by atoms with Crippen LogP contribution in [-0.4, -0.2) is 29.2 Å². The largest absolute Gasteiger partial charge is 0.418 e. The Hall–Kier alpha value is -2.35. The Kier molecular flexibility index (Phi) is 5.08. The summed E-state index contributed by atoms with van der Waals surface area (Å²) in [6.07, 6.45) is -2.29. The first-order valence-corrected chi connectivity index (χ1v) is 8.06. The number of aromatic nitrogens is 2. The van der Waals surface area contributed by atoms with Crippen LogP contribution in [0.4, 0.5) is 30.6 Å². The zero-order valence-corrected chi connectivity index (χ0v) is 13.7. The third-order valence-corrected chi connectivity index (χ3v) is 3.87. The summed E-state index contributed by atoms with van der Waals surface area (Å²) in [5.74, 6) is 0.668. The molecule has 2 heterocycles. The van der Waals surface area contributed by atoms with Crippen molar-refractivity contribution in [2.24, 2.45) is 0 Å². The van der Waals surface area contributed by atoms with Crippen molar-refractivity contribution in [1.29, 1.82) is 0 Å². The maximum absolute atomic E-state index is 13.1. The molecule has 3 rings (SSSR count). The Balaban J connectivity index is 1.76. The van der Waals surface area contributed by atoms with Crippen LogP contribution < -0.4 is 10.6 Å². The lowest BCUT2D eigenvalue weighted by molar-refractivity contribution is -0.136. The van der Waals surface area contributed by atoms with Crippen molar-refractivity contribution in [3.8, 4) is 0 Å². The van der Waals surface area contributed by atoms with E-state index in [1.807, 2.05) is 0 Å². The second kappa shape index (κ2) is 7.26. The number of anilines is 3. The van der Waals surface area contributed by atoms with E-state index in [1.165, 1.54) is 18.2 Å². The van der Waals surface area contributed by atoms with Crippen LogP contribution in [0.1, 0.15) is 24.1 Å². The highest BCUT2D eigenvalue weighted by Gasteiger charge is 2.33. The highest BCUT2D eigenvalue weighted by molar-refractivity contribution is 5.60. The number of benzene rings is 1. The average Bonchev–Trinajstić information content (AvgIpc) is 3.05. The maximum atomic E-state index is 13.1. The van der Waals surface area contributed by atoms with Crippen molar-refractivity contribution in [1.82, 2.24) is 9.97 Å². The minimum Gasteiger partial charge on any atom is -0.376 e. The van der Waals surface area contributed by atoms with Crippen molar-refractivity contribution in [3.63, 3.8) is 0 Å². The smallest absolute Gasteiger partial charge is 0.376 e. The van der Waals surface area contributed by atoms with Gasteiger partial charge < -0.3 is 15.4 Å². The Morgan fingerprint density at radius 1 is 1.24 bits per heavy atom. The topological polar surface area (TPSA) is 59.1 Å². The Labute approximate surface area is 143 Å². The van der Waals surface area contributed by atoms with E-state index in [-0.39, 0.29) is 17.7 Å². The average molecular weight is 352 g/mol. The normalized spacial score (nSPS) is 17.5. The van der Waals surface area contributed by atoms with Gasteiger partial charge in [0.2, 0.25) is 5.95 Å². The van der Waals surface area contributed by atoms with Crippen LogP contribution in [0.25, 0.3) is 0 Å². The lowest BCUT2D eigenvalue weighted by Crippen LogP contribution is -2.19. The van der Waals surface area contributed by atoms with E-state index in [9.17, 15) is 13.2 Å². The van der Waals surface area contributed by atoms with Gasteiger partial charge in [0.15, 0.2) is 0 Å². The van der Waals surface area contributed by atoms with Crippen LogP contribution in [0, 0.1) is 6.92 Å². The number of ether oxygens (including phenoxy) is 1. The summed E-state index contributed by atoms with van der Waals surface area (Å²) < 4.78 is 44.8. The van der Waals surface area contributed by atoms with E-state index >= 15 is 0 Å². The monoisotopic (exact) mass is 352 g/mol. The Bertz CT molecular complexity index is 730. The molecule has 5 nitrogen and oxygen atoms in total. The molecule has 0 spiro atoms. The third-order valence-electron chi connectivity index (χ3n) is 3.87. The molecule has 0 aliphatic carbocycles. The molecule has 0 saturated carbocycles. The molecule has 25 heavy (non-hydrogen) atoms. The summed E-state index contributed by atoms with van der Waals surface area (Å²) in [4.78, 5) is 8.43. The lowest BCUT2D eigenvalue weighted by atomic mass is 10.1. The van der Waals surface area contributed by atoms with Gasteiger partial charge in [0.05, 0.1) is 17.4 Å². The second-order valence-electron chi connectivity index (χ2n) is 5.90. The van der Waals surface area contributed by atoms with Crippen molar-refractivity contribution in [2.75, 3.05) is 23.8 Å². The quantitative estimate of drug-likeness (QED) is 0.847. The predicted molar refractivity (Wildman–Crippen MR) is 89.0 cm³/mol. The number of aryl methyl sites for hydroxylation is 1. The first kappa shape index (κ1) is 17.5. The van der Waals surface area contributed by atoms with Gasteiger partial charge in [0.25, 0.3) is 0 Å². The molecule has 0 amide bonds. The minimum absolute atomic E-state index is 0.0781. The van der Waals surface area contributed by atoms with E-state index in [4.69, 9.17) is 4.74 Å². The van der Waals surface area contributed by atoms with Gasteiger partial charge in [-0.2, -0.15) is 18.2 Å². The van der Waals surface area contributed by atoms with Crippen molar-refractivity contribution < 1.29 is 17.9 Å². The first-order chi connectivity index (χ1) is 11.9. The van der Waals surface area contributed by atoms with Crippen LogP contribution in [0.5, 0.6) is 0 Å². The standard InChI is InChI=1S/C17H19F3N4O/c1-11-9-15(21-10-12-5-4-8-25-12)24-16(22-11)23-14-7-3-2-6-13(14)17(18,19)20/h2-3,6-7,9,12H,4-5,8,10H2,1H3,(H2,21,22,23,24). The minimum atomic E-state index is -4.45. The van der Waals surface area contributed by atoms with E-state index in [0.29, 0.717) is 18.1 Å². The molecule has 1 aromatic carbocycles. The van der Waals surface area contributed by atoms with E-state index in [1.54, 1.807) is 13.0 Å². The van der Waals surface area contributed by atoms with Crippen molar-refractivity contribution >= 4 is 17.5 Å². The van der Waals surface area contributed by atoms with Crippen molar-refractivity contribution in [3.05, 3.63) is 41.6 Å². The number of para-hydroxylation sites is 1. The molecule has 0 radical (unpaired) electrons. The molecular formula is C17H19F3N4O. The maximum Gasteiger partial charge on any atom is 0.418 e. The zero-order chi connectivity index (χ0) is 17.9. The summed E-state index contributed by atoms with van der Waals surface area (Å²) in [7, 11) is 0. The van der Waals surface area contributed by atoms with Crippen LogP contribution in [0.2, 0.25) is 0 Å². The number of nitrogens with one attached hydrogen (secondary N) is 2. The molecule has 1 aromatic heterocycles. The SMILES string of the molecule is Cc1cc(NCC2CCCO2)nc(Nc2ccccc2C(F)(F)F)n1. The van der Waals surface area contributed by atoms with Crippen LogP contribution in [0.3, 0.4) is 0 Å². The van der Waals surface area contributed by atoms with Gasteiger partial charge in [-0.3, -0.25) is 0 Å². The van der Waals surface area contributed by atoms with E-state index in [0.717, 1.165) is 25.5 Å². The molecule has 2 N–H and O–H groups in total. The van der Waals surface area contributed by atoms with Gasteiger partial charge in [0.1, 0.15) is 5.82 Å². The second-order valence-corrected chi connectivity index (χ2v) is 5.90. The molecule has 1 unspecified atom stereocenters. The van der Waals surface area contributed by atoms with Gasteiger partial charge >= 0.3 is 6.18 Å². The zero-order valence-electron chi connectivity index (χ0n) is 13.7. The number of hydrogen-bond acceptors (Lipinski definition) is 5. The van der Waals surface area contributed by atoms with Crippen LogP contribution >= 0.6 is 0 Å². The van der Waals surface area contributed by atoms with Gasteiger partial charge in [-0.1, -0.05) is 12.1 Å². The molecule has 134 valence electrons. The fourth-order valence-corrected chi connectivity index (χ4v) is 2.70. The molecule has 1 atom stereocenters. The summed E-state index contributed by atoms with van der Waals surface area (Å²) in [5, 5.41) is 5.83. The number of rotatable bonds is 5. The number of alkyl halides is 3. The Morgan fingerprint density at radius 2 is 2.04 bits per heavy atom. The van der Waals surface area contributed by atoms with Crippen LogP contribution in [-0.2, 0) is 10.9 Å². The molecule has 1 saturated heterocycles. The highest BCUT2D eigenvalue weighted by Crippen LogP contribution is 2.35. The molecule has 1 aliphatic rings. The van der Waals surface area contributed by atoms with Crippen molar-refractivity contribution in [2.45, 2.75) is 32.0 Å². The third kappa shape index (κ3) is 4.60. The van der Waals surface area contributed by atoms with Crippen LogP contribution in [0.15, 0.2) is 30.3 Å². The molecule has 2 aromatic rings. The van der Waals surface area contributed by atoms with Gasteiger partial charge in [-0.15, -0.1) is 0 Å². The molecule has 1 fully saturated rings. The summed E-state index contributed by atoms with van der Waals surface area (Å²) in [6, 6.07) is 7.00. The molecule has 0 bridgehead atoms. The van der Waals surface area contributed by atoms with E-state index in [2.05, 4.69) is 20.6 Å². The predicted octanol–water partition coefficient (Wildman–Crippen LogP) is 4.14. The molecule has 1 aliphatic heterocycles. The lowest BCUT2D eigenvalue weighted by Gasteiger charge is -2.15. The Morgan fingerprint density at radius 3 is 2.76 bits per heavy atom. The fraction of sp³-hybridized carbons (Fsp3) is 0.412. The summed E-state index contributed by atoms with van der Waals surface area (Å²) in [6.45, 7) is 3.13. The first-order valence-electron chi connectivity index (χ1n) is 8.06. The summed E-state index contributed by atoms with van der Waals surface area (Å²) in [5.41, 5.74) is -0.184. The highest BCUT2D eigenvalue weighted by atomic mass is 19.4. The summed E-state index contributed by atoms with van der Waals surface area (Å²) >= 11 is 0. The molecular weight excluding hydrogens is 333 g/mol.